The Balaban J connectivity index is 2.03. The molecule has 6 heteroatoms. The van der Waals surface area contributed by atoms with Gasteiger partial charge in [-0.3, -0.25) is 9.69 Å². The first-order valence-corrected chi connectivity index (χ1v) is 5.74. The van der Waals surface area contributed by atoms with Gasteiger partial charge in [-0.1, -0.05) is 0 Å². The van der Waals surface area contributed by atoms with Crippen LogP contribution in [0.15, 0.2) is 24.3 Å². The van der Waals surface area contributed by atoms with E-state index in [2.05, 4.69) is 5.32 Å². The number of nitrogens with one attached hydrogen (secondary N) is 1. The fraction of sp³-hybridized carbons (Fsp3) is 0.333. The van der Waals surface area contributed by atoms with Crippen molar-refractivity contribution in [2.45, 2.75) is 18.9 Å². The van der Waals surface area contributed by atoms with E-state index in [4.69, 9.17) is 10.8 Å². The van der Waals surface area contributed by atoms with Gasteiger partial charge in [-0.15, -0.1) is 0 Å². The lowest BCUT2D eigenvalue weighted by Crippen LogP contribution is -2.42. The molecule has 2 amide bonds. The summed E-state index contributed by atoms with van der Waals surface area (Å²) in [5.74, 6) is -0.292. The van der Waals surface area contributed by atoms with Gasteiger partial charge in [-0.25, -0.2) is 4.79 Å². The maximum absolute atomic E-state index is 12.0. The van der Waals surface area contributed by atoms with E-state index in [0.29, 0.717) is 30.8 Å². The van der Waals surface area contributed by atoms with E-state index in [1.165, 1.54) is 4.90 Å². The Hall–Kier alpha value is -2.24. The molecule has 0 bridgehead atoms. The standard InChI is InChI=1S/C12H15N3O3/c13-8-3-5-9(6-4-8)14-11(16)10-2-1-7-15(10)12(17)18/h3-6,10H,1-2,7,13H2,(H,14,16)(H,17,18). The normalized spacial score (nSPS) is 18.7. The van der Waals surface area contributed by atoms with Gasteiger partial charge in [0.1, 0.15) is 6.04 Å². The zero-order valence-electron chi connectivity index (χ0n) is 9.80. The van der Waals surface area contributed by atoms with Gasteiger partial charge in [0.05, 0.1) is 0 Å². The molecule has 0 radical (unpaired) electrons. The molecule has 96 valence electrons. The number of rotatable bonds is 2. The molecule has 1 saturated heterocycles. The van der Waals surface area contributed by atoms with Crippen molar-refractivity contribution in [3.8, 4) is 0 Å². The number of carboxylic acid groups (broad SMARTS) is 1. The van der Waals surface area contributed by atoms with Crippen molar-refractivity contribution < 1.29 is 14.7 Å². The molecule has 0 aromatic heterocycles. The molecule has 2 rings (SSSR count). The highest BCUT2D eigenvalue weighted by Crippen LogP contribution is 2.19. The molecule has 1 aromatic carbocycles. The van der Waals surface area contributed by atoms with Crippen molar-refractivity contribution in [2.24, 2.45) is 0 Å². The molecular weight excluding hydrogens is 234 g/mol. The van der Waals surface area contributed by atoms with E-state index < -0.39 is 12.1 Å². The summed E-state index contributed by atoms with van der Waals surface area (Å²) in [6.07, 6.45) is 0.226. The highest BCUT2D eigenvalue weighted by molar-refractivity contribution is 5.96. The van der Waals surface area contributed by atoms with E-state index in [1.54, 1.807) is 24.3 Å². The molecule has 6 nitrogen and oxygen atoms in total. The van der Waals surface area contributed by atoms with Crippen LogP contribution in [0.3, 0.4) is 0 Å². The van der Waals surface area contributed by atoms with Gasteiger partial charge in [0.15, 0.2) is 0 Å². The van der Waals surface area contributed by atoms with Crippen LogP contribution in [0.25, 0.3) is 0 Å². The molecule has 0 saturated carbocycles. The van der Waals surface area contributed by atoms with Crippen molar-refractivity contribution in [2.75, 3.05) is 17.6 Å². The van der Waals surface area contributed by atoms with Gasteiger partial charge >= 0.3 is 6.09 Å². The quantitative estimate of drug-likeness (QED) is 0.689. The number of hydrogen-bond acceptors (Lipinski definition) is 3. The number of amides is 2. The number of anilines is 2. The molecule has 1 unspecified atom stereocenters. The van der Waals surface area contributed by atoms with Crippen LogP contribution in [0.2, 0.25) is 0 Å². The van der Waals surface area contributed by atoms with Gasteiger partial charge in [-0.05, 0) is 37.1 Å². The van der Waals surface area contributed by atoms with Crippen LogP contribution in [0.5, 0.6) is 0 Å². The summed E-state index contributed by atoms with van der Waals surface area (Å²) in [6.45, 7) is 0.412. The van der Waals surface area contributed by atoms with E-state index >= 15 is 0 Å². The molecule has 0 aliphatic carbocycles. The fourth-order valence-electron chi connectivity index (χ4n) is 2.06. The van der Waals surface area contributed by atoms with Gasteiger partial charge in [-0.2, -0.15) is 0 Å². The Morgan fingerprint density at radius 1 is 1.33 bits per heavy atom. The minimum atomic E-state index is -1.05. The van der Waals surface area contributed by atoms with E-state index in [0.717, 1.165) is 0 Å². The molecular formula is C12H15N3O3. The second kappa shape index (κ2) is 4.95. The first-order chi connectivity index (χ1) is 8.58. The molecule has 1 aliphatic heterocycles. The van der Waals surface area contributed by atoms with Gasteiger partial charge in [0, 0.05) is 17.9 Å². The van der Waals surface area contributed by atoms with E-state index in [1.807, 2.05) is 0 Å². The molecule has 1 aromatic rings. The summed E-state index contributed by atoms with van der Waals surface area (Å²) >= 11 is 0. The van der Waals surface area contributed by atoms with Crippen molar-refractivity contribution >= 4 is 23.4 Å². The predicted molar refractivity (Wildman–Crippen MR) is 67.2 cm³/mol. The molecule has 18 heavy (non-hydrogen) atoms. The van der Waals surface area contributed by atoms with Crippen molar-refractivity contribution in [1.29, 1.82) is 0 Å². The topological polar surface area (TPSA) is 95.7 Å². The Bertz CT molecular complexity index is 458. The lowest BCUT2D eigenvalue weighted by Gasteiger charge is -2.20. The average molecular weight is 249 g/mol. The Labute approximate surface area is 104 Å². The molecule has 1 fully saturated rings. The first-order valence-electron chi connectivity index (χ1n) is 5.74. The largest absolute Gasteiger partial charge is 0.465 e. The molecule has 4 N–H and O–H groups in total. The summed E-state index contributed by atoms with van der Waals surface area (Å²) in [5, 5.41) is 11.7. The van der Waals surface area contributed by atoms with E-state index in [9.17, 15) is 9.59 Å². The lowest BCUT2D eigenvalue weighted by molar-refractivity contribution is -0.119. The van der Waals surface area contributed by atoms with Gasteiger partial charge in [0.2, 0.25) is 5.91 Å². The third-order valence-corrected chi connectivity index (χ3v) is 2.98. The number of likely N-dealkylation sites (tertiary alicyclic amines) is 1. The number of hydrogen-bond donors (Lipinski definition) is 3. The maximum atomic E-state index is 12.0. The maximum Gasteiger partial charge on any atom is 0.407 e. The van der Waals surface area contributed by atoms with Crippen LogP contribution in [0, 0.1) is 0 Å². The number of nitrogen functional groups attached to an aromatic ring is 1. The molecule has 1 heterocycles. The van der Waals surface area contributed by atoms with E-state index in [-0.39, 0.29) is 5.91 Å². The van der Waals surface area contributed by atoms with Crippen LogP contribution in [0.1, 0.15) is 12.8 Å². The van der Waals surface area contributed by atoms with Crippen molar-refractivity contribution in [3.05, 3.63) is 24.3 Å². The van der Waals surface area contributed by atoms with Crippen LogP contribution in [-0.4, -0.2) is 34.6 Å². The minimum Gasteiger partial charge on any atom is -0.465 e. The highest BCUT2D eigenvalue weighted by atomic mass is 16.4. The fourth-order valence-corrected chi connectivity index (χ4v) is 2.06. The summed E-state index contributed by atoms with van der Waals surface area (Å²) in [5.41, 5.74) is 6.77. The predicted octanol–water partition coefficient (Wildman–Crippen LogP) is 1.35. The zero-order chi connectivity index (χ0) is 13.1. The summed E-state index contributed by atoms with van der Waals surface area (Å²) in [6, 6.07) is 6.14. The average Bonchev–Trinajstić information content (AvgIpc) is 2.81. The summed E-state index contributed by atoms with van der Waals surface area (Å²) < 4.78 is 0. The SMILES string of the molecule is Nc1ccc(NC(=O)C2CCCN2C(=O)O)cc1. The number of benzene rings is 1. The number of carbonyl (C=O) groups is 2. The Morgan fingerprint density at radius 3 is 2.61 bits per heavy atom. The number of nitrogens with zero attached hydrogens (tertiary/aromatic N) is 1. The Morgan fingerprint density at radius 2 is 2.00 bits per heavy atom. The van der Waals surface area contributed by atoms with Crippen LogP contribution < -0.4 is 11.1 Å². The highest BCUT2D eigenvalue weighted by Gasteiger charge is 2.33. The van der Waals surface area contributed by atoms with Crippen LogP contribution in [-0.2, 0) is 4.79 Å². The van der Waals surface area contributed by atoms with Gasteiger partial charge in [0.25, 0.3) is 0 Å². The second-order valence-electron chi connectivity index (χ2n) is 4.25. The third-order valence-electron chi connectivity index (χ3n) is 2.98. The number of carbonyl (C=O) groups excluding carboxylic acids is 1. The monoisotopic (exact) mass is 249 g/mol. The minimum absolute atomic E-state index is 0.292. The molecule has 1 aliphatic rings. The first kappa shape index (κ1) is 12.2. The van der Waals surface area contributed by atoms with Crippen molar-refractivity contribution in [3.63, 3.8) is 0 Å². The second-order valence-corrected chi connectivity index (χ2v) is 4.25. The van der Waals surface area contributed by atoms with Crippen molar-refractivity contribution in [1.82, 2.24) is 4.90 Å². The molecule has 1 atom stereocenters. The smallest absolute Gasteiger partial charge is 0.407 e. The number of nitrogens with two attached hydrogens (primary N) is 1. The van der Waals surface area contributed by atoms with Crippen LogP contribution >= 0.6 is 0 Å². The summed E-state index contributed by atoms with van der Waals surface area (Å²) in [7, 11) is 0. The lowest BCUT2D eigenvalue weighted by atomic mass is 10.2. The van der Waals surface area contributed by atoms with Crippen LogP contribution in [0.4, 0.5) is 16.2 Å². The zero-order valence-corrected chi connectivity index (χ0v) is 9.80. The van der Waals surface area contributed by atoms with Gasteiger partial charge < -0.3 is 16.2 Å². The third kappa shape index (κ3) is 2.53. The summed E-state index contributed by atoms with van der Waals surface area (Å²) in [4.78, 5) is 24.1. The molecule has 0 spiro atoms. The Kier molecular flexibility index (Phi) is 3.36.